The van der Waals surface area contributed by atoms with Gasteiger partial charge in [-0.25, -0.2) is 4.39 Å². The highest BCUT2D eigenvalue weighted by Crippen LogP contribution is 2.25. The zero-order chi connectivity index (χ0) is 9.97. The Balaban J connectivity index is 2.17. The molecule has 1 N–H and O–H groups in total. The largest absolute Gasteiger partial charge is 0.394 e. The topological polar surface area (TPSA) is 23.5 Å². The Morgan fingerprint density at radius 3 is 2.71 bits per heavy atom. The number of aliphatic hydroxyl groups is 1. The number of anilines is 1. The van der Waals surface area contributed by atoms with Gasteiger partial charge in [0, 0.05) is 12.2 Å². The molecule has 0 bridgehead atoms. The van der Waals surface area contributed by atoms with Gasteiger partial charge in [0.25, 0.3) is 0 Å². The molecule has 0 aromatic heterocycles. The van der Waals surface area contributed by atoms with Crippen molar-refractivity contribution in [1.29, 1.82) is 0 Å². The Morgan fingerprint density at radius 1 is 1.36 bits per heavy atom. The lowest BCUT2D eigenvalue weighted by Crippen LogP contribution is -2.31. The zero-order valence-corrected chi connectivity index (χ0v) is 7.99. The second kappa shape index (κ2) is 3.96. The molecule has 0 spiro atoms. The highest BCUT2D eigenvalue weighted by Gasteiger charge is 2.23. The highest BCUT2D eigenvalue weighted by molar-refractivity contribution is 5.48. The monoisotopic (exact) mass is 195 g/mol. The summed E-state index contributed by atoms with van der Waals surface area (Å²) in [6.07, 6.45) is 2.12. The molecule has 1 fully saturated rings. The van der Waals surface area contributed by atoms with Crippen LogP contribution in [0.3, 0.4) is 0 Å². The van der Waals surface area contributed by atoms with Crippen LogP contribution in [0.2, 0.25) is 0 Å². The average Bonchev–Trinajstić information content (AvgIpc) is 2.67. The van der Waals surface area contributed by atoms with Crippen molar-refractivity contribution in [3.05, 3.63) is 30.1 Å². The molecule has 0 radical (unpaired) electrons. The number of halogens is 1. The van der Waals surface area contributed by atoms with E-state index in [9.17, 15) is 4.39 Å². The number of benzene rings is 1. The lowest BCUT2D eigenvalue weighted by Gasteiger charge is -2.25. The first-order chi connectivity index (χ1) is 6.81. The van der Waals surface area contributed by atoms with Crippen LogP contribution in [0.25, 0.3) is 0 Å². The molecule has 2 rings (SSSR count). The molecular weight excluding hydrogens is 181 g/mol. The Morgan fingerprint density at radius 2 is 2.07 bits per heavy atom. The summed E-state index contributed by atoms with van der Waals surface area (Å²) in [4.78, 5) is 2.14. The maximum Gasteiger partial charge on any atom is 0.123 e. The molecule has 0 unspecified atom stereocenters. The second-order valence-electron chi connectivity index (χ2n) is 3.65. The minimum absolute atomic E-state index is 0.178. The summed E-state index contributed by atoms with van der Waals surface area (Å²) in [5, 5.41) is 9.14. The van der Waals surface area contributed by atoms with Gasteiger partial charge in [0.15, 0.2) is 0 Å². The molecule has 3 heteroatoms. The van der Waals surface area contributed by atoms with Crippen molar-refractivity contribution < 1.29 is 9.50 Å². The molecule has 1 aromatic rings. The Bertz CT molecular complexity index is 299. The van der Waals surface area contributed by atoms with E-state index < -0.39 is 0 Å². The Kier molecular flexibility index (Phi) is 2.68. The fourth-order valence-electron chi connectivity index (χ4n) is 2.00. The van der Waals surface area contributed by atoms with E-state index in [4.69, 9.17) is 5.11 Å². The standard InChI is InChI=1S/C11H14FNO/c12-9-3-5-10(6-4-9)13-7-1-2-11(13)8-14/h3-6,11,14H,1-2,7-8H2/t11-/m1/s1. The van der Waals surface area contributed by atoms with E-state index in [1.165, 1.54) is 12.1 Å². The summed E-state index contributed by atoms with van der Waals surface area (Å²) < 4.78 is 12.7. The molecule has 1 heterocycles. The lowest BCUT2D eigenvalue weighted by atomic mass is 10.2. The molecule has 1 saturated heterocycles. The number of hydrogen-bond donors (Lipinski definition) is 1. The van der Waals surface area contributed by atoms with Crippen molar-refractivity contribution in [2.45, 2.75) is 18.9 Å². The highest BCUT2D eigenvalue weighted by atomic mass is 19.1. The van der Waals surface area contributed by atoms with Crippen molar-refractivity contribution >= 4 is 5.69 Å². The van der Waals surface area contributed by atoms with E-state index in [-0.39, 0.29) is 18.5 Å². The first-order valence-electron chi connectivity index (χ1n) is 4.94. The van der Waals surface area contributed by atoms with Crippen LogP contribution in [0, 0.1) is 5.82 Å². The van der Waals surface area contributed by atoms with Crippen LogP contribution in [0.4, 0.5) is 10.1 Å². The number of nitrogens with zero attached hydrogens (tertiary/aromatic N) is 1. The van der Waals surface area contributed by atoms with E-state index >= 15 is 0 Å². The number of rotatable bonds is 2. The summed E-state index contributed by atoms with van der Waals surface area (Å²) in [5.74, 6) is -0.214. The van der Waals surface area contributed by atoms with Gasteiger partial charge in [-0.05, 0) is 37.1 Å². The van der Waals surface area contributed by atoms with E-state index in [2.05, 4.69) is 4.90 Å². The third-order valence-electron chi connectivity index (χ3n) is 2.75. The summed E-state index contributed by atoms with van der Waals surface area (Å²) in [6.45, 7) is 1.13. The van der Waals surface area contributed by atoms with Crippen molar-refractivity contribution in [3.63, 3.8) is 0 Å². The molecule has 2 nitrogen and oxygen atoms in total. The minimum atomic E-state index is -0.214. The lowest BCUT2D eigenvalue weighted by molar-refractivity contribution is 0.266. The average molecular weight is 195 g/mol. The summed E-state index contributed by atoms with van der Waals surface area (Å²) in [6, 6.07) is 6.66. The van der Waals surface area contributed by atoms with Crippen molar-refractivity contribution in [2.75, 3.05) is 18.1 Å². The van der Waals surface area contributed by atoms with Crippen LogP contribution in [-0.2, 0) is 0 Å². The number of hydrogen-bond acceptors (Lipinski definition) is 2. The van der Waals surface area contributed by atoms with E-state index in [1.54, 1.807) is 12.1 Å². The van der Waals surface area contributed by atoms with E-state index in [0.29, 0.717) is 0 Å². The van der Waals surface area contributed by atoms with Gasteiger partial charge < -0.3 is 10.0 Å². The first-order valence-corrected chi connectivity index (χ1v) is 4.94. The second-order valence-corrected chi connectivity index (χ2v) is 3.65. The molecule has 1 atom stereocenters. The van der Waals surface area contributed by atoms with Gasteiger partial charge in [0.2, 0.25) is 0 Å². The fourth-order valence-corrected chi connectivity index (χ4v) is 2.00. The van der Waals surface area contributed by atoms with Gasteiger partial charge in [0.1, 0.15) is 5.82 Å². The molecule has 14 heavy (non-hydrogen) atoms. The summed E-state index contributed by atoms with van der Waals surface area (Å²) in [5.41, 5.74) is 1.00. The van der Waals surface area contributed by atoms with Crippen LogP contribution >= 0.6 is 0 Å². The van der Waals surface area contributed by atoms with Crippen molar-refractivity contribution in [2.24, 2.45) is 0 Å². The minimum Gasteiger partial charge on any atom is -0.394 e. The van der Waals surface area contributed by atoms with Crippen LogP contribution < -0.4 is 4.90 Å². The summed E-state index contributed by atoms with van der Waals surface area (Å²) >= 11 is 0. The van der Waals surface area contributed by atoms with Crippen LogP contribution in [0.5, 0.6) is 0 Å². The zero-order valence-electron chi connectivity index (χ0n) is 7.99. The predicted molar refractivity (Wildman–Crippen MR) is 53.9 cm³/mol. The fraction of sp³-hybridized carbons (Fsp3) is 0.455. The first kappa shape index (κ1) is 9.46. The maximum absolute atomic E-state index is 12.7. The van der Waals surface area contributed by atoms with Crippen molar-refractivity contribution in [1.82, 2.24) is 0 Å². The SMILES string of the molecule is OC[C@H]1CCCN1c1ccc(F)cc1. The van der Waals surface area contributed by atoms with Gasteiger partial charge in [-0.1, -0.05) is 0 Å². The third-order valence-corrected chi connectivity index (χ3v) is 2.75. The van der Waals surface area contributed by atoms with Gasteiger partial charge in [-0.2, -0.15) is 0 Å². The third kappa shape index (κ3) is 1.73. The van der Waals surface area contributed by atoms with Crippen LogP contribution in [0.1, 0.15) is 12.8 Å². The summed E-state index contributed by atoms with van der Waals surface area (Å²) in [7, 11) is 0. The smallest absolute Gasteiger partial charge is 0.123 e. The number of aliphatic hydroxyl groups excluding tert-OH is 1. The van der Waals surface area contributed by atoms with E-state index in [0.717, 1.165) is 25.1 Å². The van der Waals surface area contributed by atoms with Crippen LogP contribution in [-0.4, -0.2) is 24.3 Å². The van der Waals surface area contributed by atoms with Gasteiger partial charge in [-0.3, -0.25) is 0 Å². The molecule has 0 amide bonds. The van der Waals surface area contributed by atoms with Crippen molar-refractivity contribution in [3.8, 4) is 0 Å². The van der Waals surface area contributed by atoms with Crippen LogP contribution in [0.15, 0.2) is 24.3 Å². The normalized spacial score (nSPS) is 21.6. The predicted octanol–water partition coefficient (Wildman–Crippen LogP) is 1.79. The Hall–Kier alpha value is -1.09. The van der Waals surface area contributed by atoms with Gasteiger partial charge in [0.05, 0.1) is 12.6 Å². The van der Waals surface area contributed by atoms with E-state index in [1.807, 2.05) is 0 Å². The molecule has 76 valence electrons. The van der Waals surface area contributed by atoms with Gasteiger partial charge >= 0.3 is 0 Å². The molecule has 1 aromatic carbocycles. The maximum atomic E-state index is 12.7. The molecule has 1 aliphatic heterocycles. The molecular formula is C11H14FNO. The molecule has 1 aliphatic rings. The molecule has 0 aliphatic carbocycles. The quantitative estimate of drug-likeness (QED) is 0.777. The Labute approximate surface area is 83.0 Å². The molecule has 0 saturated carbocycles. The van der Waals surface area contributed by atoms with Gasteiger partial charge in [-0.15, -0.1) is 0 Å².